The minimum atomic E-state index is -2.13. The van der Waals surface area contributed by atoms with Crippen LogP contribution in [0.2, 0.25) is 18.1 Å². The molecule has 1 rings (SSSR count). The van der Waals surface area contributed by atoms with Gasteiger partial charge in [0.1, 0.15) is 11.7 Å². The molecule has 5 nitrogen and oxygen atoms in total. The van der Waals surface area contributed by atoms with Crippen LogP contribution >= 0.6 is 0 Å². The first-order valence-corrected chi connectivity index (χ1v) is 13.6. The lowest BCUT2D eigenvalue weighted by Gasteiger charge is -2.46. The Morgan fingerprint density at radius 1 is 0.889 bits per heavy atom. The quantitative estimate of drug-likeness (QED) is 0.422. The first-order valence-electron chi connectivity index (χ1n) is 11.1. The van der Waals surface area contributed by atoms with Gasteiger partial charge >= 0.3 is 0 Å². The van der Waals surface area contributed by atoms with Crippen molar-refractivity contribution in [2.75, 3.05) is 6.61 Å². The van der Waals surface area contributed by atoms with Crippen molar-refractivity contribution >= 4 is 8.32 Å². The third-order valence-electron chi connectivity index (χ3n) is 6.15. The van der Waals surface area contributed by atoms with Crippen LogP contribution in [0.1, 0.15) is 86.0 Å². The molecular weight excluding hydrogens is 360 g/mol. The van der Waals surface area contributed by atoms with Gasteiger partial charge < -0.3 is 24.5 Å². The molecule has 0 unspecified atom stereocenters. The molecule has 0 aromatic heterocycles. The van der Waals surface area contributed by atoms with Gasteiger partial charge in [-0.15, -0.1) is 0 Å². The summed E-state index contributed by atoms with van der Waals surface area (Å²) in [5, 5.41) is 31.2. The summed E-state index contributed by atoms with van der Waals surface area (Å²) in [6, 6.07) is 3.23. The predicted molar refractivity (Wildman–Crippen MR) is 112 cm³/mol. The van der Waals surface area contributed by atoms with Gasteiger partial charge in [0, 0.05) is 0 Å². The van der Waals surface area contributed by atoms with E-state index in [0.29, 0.717) is 12.8 Å². The van der Waals surface area contributed by atoms with Crippen LogP contribution in [0, 0.1) is 0 Å². The minimum absolute atomic E-state index is 0.298. The fraction of sp³-hybridized carbons (Fsp3) is 1.00. The summed E-state index contributed by atoms with van der Waals surface area (Å²) >= 11 is 0. The molecule has 1 aliphatic rings. The summed E-state index contributed by atoms with van der Waals surface area (Å²) in [5.74, 6) is -1.18. The number of hydrogen-bond donors (Lipinski definition) is 3. The molecule has 0 spiro atoms. The Bertz CT molecular complexity index is 400. The SMILES string of the molecule is CCCC[Si](CCCC)(CCCC)O[C@]1(C)O[C@](C)(CO)[C@@H](O)CC[C@H]1O. The maximum absolute atomic E-state index is 10.9. The van der Waals surface area contributed by atoms with Crippen LogP contribution in [0.3, 0.4) is 0 Å². The Labute approximate surface area is 167 Å². The third kappa shape index (κ3) is 6.79. The van der Waals surface area contributed by atoms with Crippen LogP contribution in [0.4, 0.5) is 0 Å². The minimum Gasteiger partial charge on any atom is -0.393 e. The molecule has 1 saturated heterocycles. The lowest BCUT2D eigenvalue weighted by molar-refractivity contribution is -0.294. The lowest BCUT2D eigenvalue weighted by atomic mass is 9.96. The van der Waals surface area contributed by atoms with Crippen LogP contribution in [0.5, 0.6) is 0 Å². The highest BCUT2D eigenvalue weighted by molar-refractivity contribution is 6.73. The Hall–Kier alpha value is 0.0169. The van der Waals surface area contributed by atoms with Crippen molar-refractivity contribution in [2.24, 2.45) is 0 Å². The topological polar surface area (TPSA) is 79.2 Å². The molecule has 0 saturated carbocycles. The number of rotatable bonds is 12. The highest BCUT2D eigenvalue weighted by atomic mass is 28.4. The smallest absolute Gasteiger partial charge is 0.196 e. The summed E-state index contributed by atoms with van der Waals surface area (Å²) in [4.78, 5) is 0. The van der Waals surface area contributed by atoms with Gasteiger partial charge in [0.05, 0.1) is 12.7 Å². The molecule has 162 valence electrons. The fourth-order valence-electron chi connectivity index (χ4n) is 4.16. The molecule has 1 fully saturated rings. The maximum Gasteiger partial charge on any atom is 0.196 e. The van der Waals surface area contributed by atoms with Crippen molar-refractivity contribution < 1.29 is 24.5 Å². The Kier molecular flexibility index (Phi) is 10.5. The van der Waals surface area contributed by atoms with E-state index in [4.69, 9.17) is 9.16 Å². The van der Waals surface area contributed by atoms with Crippen LogP contribution in [0.25, 0.3) is 0 Å². The van der Waals surface area contributed by atoms with E-state index in [1.54, 1.807) is 6.92 Å². The summed E-state index contributed by atoms with van der Waals surface area (Å²) in [6.07, 6.45) is 5.95. The van der Waals surface area contributed by atoms with Crippen molar-refractivity contribution in [1.29, 1.82) is 0 Å². The van der Waals surface area contributed by atoms with Gasteiger partial charge in [-0.1, -0.05) is 59.3 Å². The summed E-state index contributed by atoms with van der Waals surface area (Å²) in [6.45, 7) is 9.84. The van der Waals surface area contributed by atoms with Gasteiger partial charge in [0.2, 0.25) is 0 Å². The number of aliphatic hydroxyl groups excluding tert-OH is 3. The Morgan fingerprint density at radius 3 is 1.74 bits per heavy atom. The van der Waals surface area contributed by atoms with Gasteiger partial charge in [-0.2, -0.15) is 0 Å². The second-order valence-electron chi connectivity index (χ2n) is 8.79. The van der Waals surface area contributed by atoms with Crippen molar-refractivity contribution in [3.05, 3.63) is 0 Å². The zero-order chi connectivity index (χ0) is 20.6. The summed E-state index contributed by atoms with van der Waals surface area (Å²) in [7, 11) is -2.13. The molecule has 6 heteroatoms. The van der Waals surface area contributed by atoms with Crippen LogP contribution < -0.4 is 0 Å². The van der Waals surface area contributed by atoms with Gasteiger partial charge in [-0.25, -0.2) is 0 Å². The van der Waals surface area contributed by atoms with E-state index in [1.165, 1.54) is 0 Å². The van der Waals surface area contributed by atoms with E-state index >= 15 is 0 Å². The molecule has 1 aliphatic heterocycles. The first kappa shape index (κ1) is 25.1. The monoisotopic (exact) mass is 404 g/mol. The number of aliphatic hydroxyl groups is 3. The summed E-state index contributed by atoms with van der Waals surface area (Å²) < 4.78 is 13.1. The number of ether oxygens (including phenoxy) is 1. The van der Waals surface area contributed by atoms with Gasteiger partial charge in [-0.05, 0) is 44.8 Å². The van der Waals surface area contributed by atoms with Gasteiger partial charge in [0.15, 0.2) is 14.1 Å². The van der Waals surface area contributed by atoms with Gasteiger partial charge in [0.25, 0.3) is 0 Å². The molecule has 0 aromatic rings. The van der Waals surface area contributed by atoms with Gasteiger partial charge in [-0.3, -0.25) is 0 Å². The molecule has 0 radical (unpaired) electrons. The van der Waals surface area contributed by atoms with E-state index in [2.05, 4.69) is 20.8 Å². The standard InChI is InChI=1S/C21H44O5Si/c1-6-9-14-27(15-10-7-2,16-11-8-3)26-21(5)19(24)13-12-18(23)20(4,17-22)25-21/h18-19,22-24H,6-17H2,1-5H3/t18-,19+,20+,21-/m0/s1. The van der Waals surface area contributed by atoms with Crippen molar-refractivity contribution in [3.63, 3.8) is 0 Å². The molecular formula is C21H44O5Si. The largest absolute Gasteiger partial charge is 0.393 e. The highest BCUT2D eigenvalue weighted by Gasteiger charge is 2.52. The molecule has 3 N–H and O–H groups in total. The molecule has 0 amide bonds. The highest BCUT2D eigenvalue weighted by Crippen LogP contribution is 2.41. The zero-order valence-electron chi connectivity index (χ0n) is 18.3. The summed E-state index contributed by atoms with van der Waals surface area (Å²) in [5.41, 5.74) is -1.12. The van der Waals surface area contributed by atoms with Crippen LogP contribution in [-0.4, -0.2) is 53.8 Å². The molecule has 4 atom stereocenters. The maximum atomic E-state index is 10.9. The van der Waals surface area contributed by atoms with E-state index in [9.17, 15) is 15.3 Å². The number of hydrogen-bond acceptors (Lipinski definition) is 5. The molecule has 0 bridgehead atoms. The first-order chi connectivity index (χ1) is 12.7. The Balaban J connectivity index is 3.18. The molecule has 27 heavy (non-hydrogen) atoms. The lowest BCUT2D eigenvalue weighted by Crippen LogP contribution is -2.58. The van der Waals surface area contributed by atoms with Crippen LogP contribution in [0.15, 0.2) is 0 Å². The molecule has 1 heterocycles. The second-order valence-corrected chi connectivity index (χ2v) is 12.9. The van der Waals surface area contributed by atoms with E-state index < -0.39 is 31.9 Å². The van der Waals surface area contributed by atoms with E-state index in [1.807, 2.05) is 6.92 Å². The van der Waals surface area contributed by atoms with Crippen molar-refractivity contribution in [2.45, 2.75) is 128 Å². The average molecular weight is 405 g/mol. The normalized spacial score (nSPS) is 32.4. The number of unbranched alkanes of at least 4 members (excludes halogenated alkanes) is 3. The molecule has 0 aliphatic carbocycles. The molecule has 0 aromatic carbocycles. The van der Waals surface area contributed by atoms with E-state index in [0.717, 1.165) is 56.7 Å². The third-order valence-corrected chi connectivity index (χ3v) is 10.8. The van der Waals surface area contributed by atoms with Crippen molar-refractivity contribution in [1.82, 2.24) is 0 Å². The zero-order valence-corrected chi connectivity index (χ0v) is 19.3. The van der Waals surface area contributed by atoms with Crippen LogP contribution in [-0.2, 0) is 9.16 Å². The fourth-order valence-corrected chi connectivity index (χ4v) is 9.25. The average Bonchev–Trinajstić information content (AvgIpc) is 2.73. The second kappa shape index (κ2) is 11.3. The Morgan fingerprint density at radius 2 is 1.33 bits per heavy atom. The predicted octanol–water partition coefficient (Wildman–Crippen LogP) is 4.35. The van der Waals surface area contributed by atoms with Crippen molar-refractivity contribution in [3.8, 4) is 0 Å². The van der Waals surface area contributed by atoms with E-state index in [-0.39, 0.29) is 6.61 Å².